The summed E-state index contributed by atoms with van der Waals surface area (Å²) >= 11 is 0. The highest BCUT2D eigenvalue weighted by molar-refractivity contribution is 5.60. The van der Waals surface area contributed by atoms with E-state index in [1.165, 1.54) is 25.1 Å². The molecule has 0 bridgehead atoms. The van der Waals surface area contributed by atoms with Crippen LogP contribution in [0.3, 0.4) is 0 Å². The van der Waals surface area contributed by atoms with Gasteiger partial charge in [0.05, 0.1) is 17.3 Å². The van der Waals surface area contributed by atoms with Crippen LogP contribution in [0.2, 0.25) is 0 Å². The SMILES string of the molecule is C[C@@H](Nc1ccc(O)cc1C#N)c1c(F)cc(F)cc1F. The second-order valence-electron chi connectivity index (χ2n) is 4.49. The van der Waals surface area contributed by atoms with Crippen LogP contribution in [0.4, 0.5) is 18.9 Å². The number of phenolic OH excluding ortho intramolecular Hbond substituents is 1. The van der Waals surface area contributed by atoms with E-state index in [4.69, 9.17) is 5.26 Å². The molecule has 21 heavy (non-hydrogen) atoms. The number of benzene rings is 2. The standard InChI is InChI=1S/C15H11F3N2O/c1-8(15-12(17)5-10(16)6-13(15)18)20-14-3-2-11(21)4-9(14)7-19/h2-6,8,20-21H,1H3/t8-/m1/s1. The van der Waals surface area contributed by atoms with Crippen molar-refractivity contribution in [1.29, 1.82) is 5.26 Å². The average Bonchev–Trinajstić information content (AvgIpc) is 2.39. The molecule has 108 valence electrons. The van der Waals surface area contributed by atoms with Gasteiger partial charge in [-0.1, -0.05) is 0 Å². The van der Waals surface area contributed by atoms with Crippen molar-refractivity contribution in [2.24, 2.45) is 0 Å². The quantitative estimate of drug-likeness (QED) is 0.845. The fourth-order valence-corrected chi connectivity index (χ4v) is 2.02. The number of rotatable bonds is 3. The van der Waals surface area contributed by atoms with Gasteiger partial charge in [-0.05, 0) is 25.1 Å². The maximum atomic E-state index is 13.7. The van der Waals surface area contributed by atoms with Crippen molar-refractivity contribution in [3.63, 3.8) is 0 Å². The number of anilines is 1. The van der Waals surface area contributed by atoms with Crippen LogP contribution in [-0.2, 0) is 0 Å². The lowest BCUT2D eigenvalue weighted by atomic mass is 10.1. The molecule has 0 saturated carbocycles. The lowest BCUT2D eigenvalue weighted by Gasteiger charge is -2.18. The van der Waals surface area contributed by atoms with Gasteiger partial charge in [-0.3, -0.25) is 0 Å². The van der Waals surface area contributed by atoms with E-state index in [0.717, 1.165) is 0 Å². The van der Waals surface area contributed by atoms with E-state index < -0.39 is 23.5 Å². The molecule has 0 aromatic heterocycles. The summed E-state index contributed by atoms with van der Waals surface area (Å²) in [5.41, 5.74) is 0.115. The Kier molecular flexibility index (Phi) is 4.03. The molecule has 0 spiro atoms. The molecule has 0 aliphatic heterocycles. The molecule has 3 nitrogen and oxygen atoms in total. The predicted molar refractivity (Wildman–Crippen MR) is 71.2 cm³/mol. The van der Waals surface area contributed by atoms with E-state index in [2.05, 4.69) is 5.32 Å². The van der Waals surface area contributed by atoms with Gasteiger partial charge in [0.2, 0.25) is 0 Å². The lowest BCUT2D eigenvalue weighted by molar-refractivity contribution is 0.475. The molecule has 0 aliphatic carbocycles. The first-order valence-electron chi connectivity index (χ1n) is 6.06. The maximum absolute atomic E-state index is 13.7. The number of nitrogens with zero attached hydrogens (tertiary/aromatic N) is 1. The van der Waals surface area contributed by atoms with Crippen molar-refractivity contribution in [2.45, 2.75) is 13.0 Å². The molecule has 0 saturated heterocycles. The summed E-state index contributed by atoms with van der Waals surface area (Å²) in [6.07, 6.45) is 0. The first-order chi connectivity index (χ1) is 9.92. The normalized spacial score (nSPS) is 11.8. The zero-order valence-electron chi connectivity index (χ0n) is 11.0. The molecule has 2 N–H and O–H groups in total. The average molecular weight is 292 g/mol. The highest BCUT2D eigenvalue weighted by atomic mass is 19.1. The lowest BCUT2D eigenvalue weighted by Crippen LogP contribution is -2.12. The molecule has 0 radical (unpaired) electrons. The first kappa shape index (κ1) is 14.7. The Hall–Kier alpha value is -2.68. The van der Waals surface area contributed by atoms with Crippen LogP contribution in [0.1, 0.15) is 24.1 Å². The third-order valence-corrected chi connectivity index (χ3v) is 2.97. The molecule has 2 rings (SSSR count). The summed E-state index contributed by atoms with van der Waals surface area (Å²) in [5, 5.41) is 21.0. The van der Waals surface area contributed by atoms with Gasteiger partial charge < -0.3 is 10.4 Å². The molecule has 0 fully saturated rings. The fraction of sp³-hybridized carbons (Fsp3) is 0.133. The molecular formula is C15H11F3N2O. The van der Waals surface area contributed by atoms with Crippen LogP contribution < -0.4 is 5.32 Å². The molecule has 2 aromatic carbocycles. The topological polar surface area (TPSA) is 56.0 Å². The van der Waals surface area contributed by atoms with E-state index in [-0.39, 0.29) is 16.9 Å². The van der Waals surface area contributed by atoms with Crippen molar-refractivity contribution in [2.75, 3.05) is 5.32 Å². The van der Waals surface area contributed by atoms with Crippen molar-refractivity contribution in [3.8, 4) is 11.8 Å². The van der Waals surface area contributed by atoms with Crippen LogP contribution in [0.5, 0.6) is 5.75 Å². The Morgan fingerprint density at radius 3 is 2.33 bits per heavy atom. The van der Waals surface area contributed by atoms with Crippen molar-refractivity contribution in [3.05, 3.63) is 58.9 Å². The van der Waals surface area contributed by atoms with E-state index in [9.17, 15) is 18.3 Å². The zero-order valence-corrected chi connectivity index (χ0v) is 11.0. The van der Waals surface area contributed by atoms with E-state index >= 15 is 0 Å². The van der Waals surface area contributed by atoms with Crippen molar-refractivity contribution >= 4 is 5.69 Å². The number of hydrogen-bond acceptors (Lipinski definition) is 3. The Balaban J connectivity index is 2.35. The minimum absolute atomic E-state index is 0.0936. The maximum Gasteiger partial charge on any atom is 0.134 e. The highest BCUT2D eigenvalue weighted by Crippen LogP contribution is 2.28. The Bertz CT molecular complexity index is 702. The number of aromatic hydroxyl groups is 1. The Morgan fingerprint density at radius 2 is 1.76 bits per heavy atom. The third-order valence-electron chi connectivity index (χ3n) is 2.97. The predicted octanol–water partition coefficient (Wildman–Crippen LogP) is 3.85. The molecule has 0 amide bonds. The van der Waals surface area contributed by atoms with Gasteiger partial charge in [-0.2, -0.15) is 5.26 Å². The minimum atomic E-state index is -1.01. The van der Waals surface area contributed by atoms with Gasteiger partial charge in [0.25, 0.3) is 0 Å². The van der Waals surface area contributed by atoms with Crippen molar-refractivity contribution < 1.29 is 18.3 Å². The number of hydrogen-bond donors (Lipinski definition) is 2. The summed E-state index contributed by atoms with van der Waals surface area (Å²) in [7, 11) is 0. The summed E-state index contributed by atoms with van der Waals surface area (Å²) in [6.45, 7) is 1.48. The Morgan fingerprint density at radius 1 is 1.14 bits per heavy atom. The molecular weight excluding hydrogens is 281 g/mol. The van der Waals surface area contributed by atoms with Crippen LogP contribution in [-0.4, -0.2) is 5.11 Å². The van der Waals surface area contributed by atoms with Crippen LogP contribution in [0, 0.1) is 28.8 Å². The molecule has 0 heterocycles. The second-order valence-corrected chi connectivity index (χ2v) is 4.49. The van der Waals surface area contributed by atoms with Gasteiger partial charge in [-0.25, -0.2) is 13.2 Å². The monoisotopic (exact) mass is 292 g/mol. The van der Waals surface area contributed by atoms with Gasteiger partial charge in [0.1, 0.15) is 29.3 Å². The number of nitriles is 1. The van der Waals surface area contributed by atoms with Crippen LogP contribution in [0.15, 0.2) is 30.3 Å². The molecule has 0 unspecified atom stereocenters. The summed E-state index contributed by atoms with van der Waals surface area (Å²) in [5.74, 6) is -3.11. The number of halogens is 3. The minimum Gasteiger partial charge on any atom is -0.508 e. The van der Waals surface area contributed by atoms with Gasteiger partial charge in [0, 0.05) is 17.7 Å². The second kappa shape index (κ2) is 5.75. The molecule has 0 aliphatic rings. The third kappa shape index (κ3) is 3.08. The summed E-state index contributed by atoms with van der Waals surface area (Å²) < 4.78 is 40.3. The summed E-state index contributed by atoms with van der Waals surface area (Å²) in [4.78, 5) is 0. The van der Waals surface area contributed by atoms with Crippen molar-refractivity contribution in [1.82, 2.24) is 0 Å². The number of nitrogens with one attached hydrogen (secondary N) is 1. The smallest absolute Gasteiger partial charge is 0.134 e. The van der Waals surface area contributed by atoms with Gasteiger partial charge in [0.15, 0.2) is 0 Å². The zero-order chi connectivity index (χ0) is 15.6. The van der Waals surface area contributed by atoms with E-state index in [0.29, 0.717) is 17.8 Å². The number of phenols is 1. The van der Waals surface area contributed by atoms with Gasteiger partial charge in [-0.15, -0.1) is 0 Å². The molecule has 6 heteroatoms. The molecule has 1 atom stereocenters. The first-order valence-corrected chi connectivity index (χ1v) is 6.06. The van der Waals surface area contributed by atoms with E-state index in [1.54, 1.807) is 0 Å². The van der Waals surface area contributed by atoms with E-state index in [1.807, 2.05) is 6.07 Å². The highest BCUT2D eigenvalue weighted by Gasteiger charge is 2.18. The van der Waals surface area contributed by atoms with Crippen LogP contribution >= 0.6 is 0 Å². The largest absolute Gasteiger partial charge is 0.508 e. The fourth-order valence-electron chi connectivity index (χ4n) is 2.02. The Labute approximate surface area is 119 Å². The summed E-state index contributed by atoms with van der Waals surface area (Å²) in [6, 6.07) is 6.21. The van der Waals surface area contributed by atoms with Gasteiger partial charge >= 0.3 is 0 Å². The molecule has 2 aromatic rings. The van der Waals surface area contributed by atoms with Crippen LogP contribution in [0.25, 0.3) is 0 Å².